The van der Waals surface area contributed by atoms with Gasteiger partial charge in [0, 0.05) is 23.9 Å². The van der Waals surface area contributed by atoms with Gasteiger partial charge in [-0.25, -0.2) is 4.79 Å². The zero-order chi connectivity index (χ0) is 28.3. The van der Waals surface area contributed by atoms with Crippen LogP contribution in [0.3, 0.4) is 0 Å². The summed E-state index contributed by atoms with van der Waals surface area (Å²) in [6.45, 7) is 2.50. The summed E-state index contributed by atoms with van der Waals surface area (Å²) in [7, 11) is 0. The van der Waals surface area contributed by atoms with E-state index in [9.17, 15) is 19.2 Å². The molecule has 0 fully saturated rings. The van der Waals surface area contributed by atoms with E-state index in [1.54, 1.807) is 31.2 Å². The fourth-order valence-electron chi connectivity index (χ4n) is 4.93. The molecular weight excluding hydrogens is 524 g/mol. The number of carbonyl (C=O) groups excluding carboxylic acids is 4. The monoisotopic (exact) mass is 560 g/mol. The van der Waals surface area contributed by atoms with E-state index in [1.165, 1.54) is 16.2 Å². The third-order valence-corrected chi connectivity index (χ3v) is 7.92. The SMILES string of the molecule is CCOC(=O)c1c(-c2ccccc2)csc1NC(=O)CCCCCCCCCCN1C(=O)c2ccccc2C1=O. The number of hydrogen-bond donors (Lipinski definition) is 1. The van der Waals surface area contributed by atoms with Gasteiger partial charge in [-0.1, -0.05) is 81.0 Å². The second kappa shape index (κ2) is 14.6. The van der Waals surface area contributed by atoms with Crippen molar-refractivity contribution in [1.82, 2.24) is 4.90 Å². The Hall–Kier alpha value is -3.78. The predicted octanol–water partition coefficient (Wildman–Crippen LogP) is 7.34. The average Bonchev–Trinajstić information content (AvgIpc) is 3.49. The maximum Gasteiger partial charge on any atom is 0.341 e. The third kappa shape index (κ3) is 7.24. The lowest BCUT2D eigenvalue weighted by molar-refractivity contribution is -0.116. The molecule has 7 nitrogen and oxygen atoms in total. The van der Waals surface area contributed by atoms with Crippen LogP contribution in [0, 0.1) is 0 Å². The largest absolute Gasteiger partial charge is 0.462 e. The molecule has 0 radical (unpaired) electrons. The van der Waals surface area contributed by atoms with E-state index in [2.05, 4.69) is 5.32 Å². The quantitative estimate of drug-likeness (QED) is 0.119. The van der Waals surface area contributed by atoms with Crippen LogP contribution in [0.15, 0.2) is 60.0 Å². The molecule has 1 aromatic heterocycles. The van der Waals surface area contributed by atoms with E-state index in [4.69, 9.17) is 4.74 Å². The number of carbonyl (C=O) groups is 4. The van der Waals surface area contributed by atoms with Gasteiger partial charge in [0.05, 0.1) is 17.7 Å². The van der Waals surface area contributed by atoms with Gasteiger partial charge in [0.15, 0.2) is 0 Å². The molecule has 2 heterocycles. The molecule has 1 aliphatic rings. The second-order valence-corrected chi connectivity index (χ2v) is 10.8. The van der Waals surface area contributed by atoms with Gasteiger partial charge in [0.1, 0.15) is 10.6 Å². The Balaban J connectivity index is 1.11. The first-order chi connectivity index (χ1) is 19.5. The van der Waals surface area contributed by atoms with Crippen LogP contribution < -0.4 is 5.32 Å². The highest BCUT2D eigenvalue weighted by Crippen LogP contribution is 2.36. The fraction of sp³-hybridized carbons (Fsp3) is 0.375. The molecule has 3 aromatic rings. The Morgan fingerprint density at radius 3 is 1.98 bits per heavy atom. The molecule has 0 aliphatic carbocycles. The van der Waals surface area contributed by atoms with Crippen molar-refractivity contribution in [2.24, 2.45) is 0 Å². The molecule has 3 amide bonds. The summed E-state index contributed by atoms with van der Waals surface area (Å²) in [5, 5.41) is 5.34. The number of imide groups is 1. The van der Waals surface area contributed by atoms with Gasteiger partial charge in [0.25, 0.3) is 11.8 Å². The van der Waals surface area contributed by atoms with Gasteiger partial charge in [-0.15, -0.1) is 11.3 Å². The number of rotatable bonds is 15. The Kier molecular flexibility index (Phi) is 10.6. The molecule has 1 N–H and O–H groups in total. The number of amides is 3. The van der Waals surface area contributed by atoms with Crippen molar-refractivity contribution in [3.63, 3.8) is 0 Å². The normalized spacial score (nSPS) is 12.5. The molecule has 2 aromatic carbocycles. The first-order valence-corrected chi connectivity index (χ1v) is 15.0. The first-order valence-electron chi connectivity index (χ1n) is 14.1. The topological polar surface area (TPSA) is 92.8 Å². The molecule has 0 saturated carbocycles. The molecular formula is C32H36N2O5S. The maximum atomic E-state index is 12.7. The van der Waals surface area contributed by atoms with Crippen molar-refractivity contribution in [3.8, 4) is 11.1 Å². The van der Waals surface area contributed by atoms with Crippen LogP contribution in [-0.4, -0.2) is 41.7 Å². The number of nitrogens with one attached hydrogen (secondary N) is 1. The summed E-state index contributed by atoms with van der Waals surface area (Å²) in [5.41, 5.74) is 3.10. The van der Waals surface area contributed by atoms with Gasteiger partial charge < -0.3 is 10.1 Å². The van der Waals surface area contributed by atoms with Crippen molar-refractivity contribution in [2.45, 2.75) is 64.7 Å². The smallest absolute Gasteiger partial charge is 0.341 e. The number of unbranched alkanes of at least 4 members (excludes halogenated alkanes) is 7. The molecule has 1 aliphatic heterocycles. The minimum atomic E-state index is -0.429. The van der Waals surface area contributed by atoms with E-state index in [-0.39, 0.29) is 24.3 Å². The number of thiophene rings is 1. The molecule has 0 atom stereocenters. The molecule has 210 valence electrons. The van der Waals surface area contributed by atoms with Crippen LogP contribution in [0.2, 0.25) is 0 Å². The Labute approximate surface area is 239 Å². The van der Waals surface area contributed by atoms with E-state index in [0.717, 1.165) is 62.5 Å². The van der Waals surface area contributed by atoms with Gasteiger partial charge in [-0.2, -0.15) is 0 Å². The van der Waals surface area contributed by atoms with E-state index in [0.29, 0.717) is 34.7 Å². The van der Waals surface area contributed by atoms with Gasteiger partial charge >= 0.3 is 5.97 Å². The van der Waals surface area contributed by atoms with E-state index in [1.807, 2.05) is 35.7 Å². The molecule has 40 heavy (non-hydrogen) atoms. The summed E-state index contributed by atoms with van der Waals surface area (Å²) in [6.07, 6.45) is 8.24. The molecule has 0 bridgehead atoms. The maximum absolute atomic E-state index is 12.7. The minimum absolute atomic E-state index is 0.0971. The van der Waals surface area contributed by atoms with Crippen LogP contribution in [0.25, 0.3) is 11.1 Å². The van der Waals surface area contributed by atoms with Crippen molar-refractivity contribution in [3.05, 3.63) is 76.7 Å². The lowest BCUT2D eigenvalue weighted by Crippen LogP contribution is -2.30. The summed E-state index contributed by atoms with van der Waals surface area (Å²) >= 11 is 1.34. The van der Waals surface area contributed by atoms with Crippen LogP contribution in [0.4, 0.5) is 5.00 Å². The number of benzene rings is 2. The summed E-state index contributed by atoms with van der Waals surface area (Å²) in [5.74, 6) is -0.892. The number of hydrogen-bond acceptors (Lipinski definition) is 6. The second-order valence-electron chi connectivity index (χ2n) is 9.87. The average molecular weight is 561 g/mol. The van der Waals surface area contributed by atoms with Crippen molar-refractivity contribution < 1.29 is 23.9 Å². The Morgan fingerprint density at radius 2 is 1.35 bits per heavy atom. The van der Waals surface area contributed by atoms with Crippen molar-refractivity contribution in [2.75, 3.05) is 18.5 Å². The first kappa shape index (κ1) is 29.2. The number of esters is 1. The molecule has 0 unspecified atom stereocenters. The lowest BCUT2D eigenvalue weighted by Gasteiger charge is -2.13. The van der Waals surface area contributed by atoms with E-state index >= 15 is 0 Å². The summed E-state index contributed by atoms with van der Waals surface area (Å²) in [6, 6.07) is 16.6. The lowest BCUT2D eigenvalue weighted by atomic mass is 10.0. The molecule has 4 rings (SSSR count). The molecule has 0 spiro atoms. The van der Waals surface area contributed by atoms with Gasteiger partial charge in [0.2, 0.25) is 5.91 Å². The summed E-state index contributed by atoms with van der Waals surface area (Å²) in [4.78, 5) is 51.5. The van der Waals surface area contributed by atoms with Crippen LogP contribution in [0.1, 0.15) is 95.8 Å². The minimum Gasteiger partial charge on any atom is -0.462 e. The Bertz CT molecular complexity index is 1300. The van der Waals surface area contributed by atoms with E-state index < -0.39 is 5.97 Å². The fourth-order valence-corrected chi connectivity index (χ4v) is 5.91. The highest BCUT2D eigenvalue weighted by atomic mass is 32.1. The van der Waals surface area contributed by atoms with Crippen LogP contribution in [-0.2, 0) is 9.53 Å². The number of nitrogens with zero attached hydrogens (tertiary/aromatic N) is 1. The van der Waals surface area contributed by atoms with Gasteiger partial charge in [-0.3, -0.25) is 19.3 Å². The number of anilines is 1. The third-order valence-electron chi connectivity index (χ3n) is 7.02. The zero-order valence-corrected chi connectivity index (χ0v) is 23.8. The summed E-state index contributed by atoms with van der Waals surface area (Å²) < 4.78 is 5.26. The molecule has 8 heteroatoms. The van der Waals surface area contributed by atoms with Crippen LogP contribution >= 0.6 is 11.3 Å². The highest BCUT2D eigenvalue weighted by Gasteiger charge is 2.34. The van der Waals surface area contributed by atoms with Crippen molar-refractivity contribution in [1.29, 1.82) is 0 Å². The Morgan fingerprint density at radius 1 is 0.775 bits per heavy atom. The van der Waals surface area contributed by atoms with Crippen molar-refractivity contribution >= 4 is 40.0 Å². The highest BCUT2D eigenvalue weighted by molar-refractivity contribution is 7.15. The number of fused-ring (bicyclic) bond motifs is 1. The zero-order valence-electron chi connectivity index (χ0n) is 22.9. The standard InChI is InChI=1S/C32H36N2O5S/c1-2-39-32(38)28-26(23-16-10-9-11-17-23)22-40-29(28)33-27(35)20-12-7-5-3-4-6-8-15-21-34-30(36)24-18-13-14-19-25(24)31(34)37/h9-11,13-14,16-19,22H,2-8,12,15,20-21H2,1H3,(H,33,35). The predicted molar refractivity (Wildman–Crippen MR) is 158 cm³/mol. The molecule has 0 saturated heterocycles. The van der Waals surface area contributed by atoms with Gasteiger partial charge in [-0.05, 0) is 37.5 Å². The van der Waals surface area contributed by atoms with Crippen LogP contribution in [0.5, 0.6) is 0 Å². The number of ether oxygens (including phenoxy) is 1.